The molecule has 3 aromatic rings. The normalized spacial score (nSPS) is 16.6. The Morgan fingerprint density at radius 3 is 2.85 bits per heavy atom. The molecular weight excluding hydrogens is 452 g/mol. The zero-order valence-electron chi connectivity index (χ0n) is 19.2. The molecule has 0 atom stereocenters. The lowest BCUT2D eigenvalue weighted by Gasteiger charge is -2.26. The molecule has 180 valence electrons. The standard InChI is InChI=1S/C25H30N4O4S/c30-23(26-16-18-4-5-18)17-29-24(22-3-1-14-34-22)27-21-7-6-19(15-20(21)25(29)31)33-11-2-8-28-9-12-32-13-10-28/h1,3,6-7,14-15,18H,2,4-5,8-13,16-17H2,(H,26,30). The third-order valence-corrected chi connectivity index (χ3v) is 7.11. The number of amides is 1. The van der Waals surface area contributed by atoms with Crippen LogP contribution >= 0.6 is 11.3 Å². The van der Waals surface area contributed by atoms with Crippen LogP contribution in [0.25, 0.3) is 21.6 Å². The second kappa shape index (κ2) is 10.7. The smallest absolute Gasteiger partial charge is 0.262 e. The molecule has 0 unspecified atom stereocenters. The first-order valence-corrected chi connectivity index (χ1v) is 12.8. The number of fused-ring (bicyclic) bond motifs is 1. The second-order valence-electron chi connectivity index (χ2n) is 8.89. The first-order valence-electron chi connectivity index (χ1n) is 12.0. The quantitative estimate of drug-likeness (QED) is 0.447. The number of hydrogen-bond donors (Lipinski definition) is 1. The molecule has 2 fully saturated rings. The number of nitrogens with one attached hydrogen (secondary N) is 1. The Kier molecular flexibility index (Phi) is 7.22. The maximum atomic E-state index is 13.5. The van der Waals surface area contributed by atoms with Gasteiger partial charge in [0.1, 0.15) is 12.3 Å². The lowest BCUT2D eigenvalue weighted by atomic mass is 10.2. The number of benzene rings is 1. The lowest BCUT2D eigenvalue weighted by Crippen LogP contribution is -2.37. The summed E-state index contributed by atoms with van der Waals surface area (Å²) in [6.07, 6.45) is 3.22. The van der Waals surface area contributed by atoms with Gasteiger partial charge in [0.15, 0.2) is 5.82 Å². The summed E-state index contributed by atoms with van der Waals surface area (Å²) < 4.78 is 12.8. The molecule has 1 saturated carbocycles. The van der Waals surface area contributed by atoms with Gasteiger partial charge in [0, 0.05) is 26.2 Å². The minimum absolute atomic E-state index is 0.0492. The van der Waals surface area contributed by atoms with Crippen molar-refractivity contribution in [2.75, 3.05) is 46.0 Å². The minimum atomic E-state index is -0.228. The van der Waals surface area contributed by atoms with Crippen molar-refractivity contribution in [3.05, 3.63) is 46.1 Å². The van der Waals surface area contributed by atoms with Gasteiger partial charge in [0.2, 0.25) is 5.91 Å². The van der Waals surface area contributed by atoms with Crippen LogP contribution in [0, 0.1) is 5.92 Å². The number of ether oxygens (including phenoxy) is 2. The van der Waals surface area contributed by atoms with E-state index in [9.17, 15) is 9.59 Å². The Labute approximate surface area is 202 Å². The zero-order chi connectivity index (χ0) is 23.3. The number of morpholine rings is 1. The molecule has 8 nitrogen and oxygen atoms in total. The topological polar surface area (TPSA) is 85.7 Å². The largest absolute Gasteiger partial charge is 0.494 e. The summed E-state index contributed by atoms with van der Waals surface area (Å²) in [5, 5.41) is 5.35. The van der Waals surface area contributed by atoms with Crippen molar-refractivity contribution < 1.29 is 14.3 Å². The van der Waals surface area contributed by atoms with Crippen LogP contribution in [0.3, 0.4) is 0 Å². The van der Waals surface area contributed by atoms with Crippen LogP contribution in [-0.4, -0.2) is 66.4 Å². The average Bonchev–Trinajstić information content (AvgIpc) is 3.54. The first-order chi connectivity index (χ1) is 16.7. The SMILES string of the molecule is O=C(Cn1c(-c2cccs2)nc2ccc(OCCCN3CCOCC3)cc2c1=O)NCC1CC1. The lowest BCUT2D eigenvalue weighted by molar-refractivity contribution is -0.121. The van der Waals surface area contributed by atoms with Crippen LogP contribution in [0.5, 0.6) is 5.75 Å². The fourth-order valence-electron chi connectivity index (χ4n) is 4.11. The predicted molar refractivity (Wildman–Crippen MR) is 132 cm³/mol. The van der Waals surface area contributed by atoms with Gasteiger partial charge in [-0.3, -0.25) is 19.1 Å². The van der Waals surface area contributed by atoms with Crippen molar-refractivity contribution in [2.45, 2.75) is 25.8 Å². The second-order valence-corrected chi connectivity index (χ2v) is 9.83. The Morgan fingerprint density at radius 2 is 2.09 bits per heavy atom. The molecule has 0 spiro atoms. The van der Waals surface area contributed by atoms with Gasteiger partial charge in [-0.2, -0.15) is 0 Å². The van der Waals surface area contributed by atoms with Crippen LogP contribution in [0.2, 0.25) is 0 Å². The van der Waals surface area contributed by atoms with Crippen LogP contribution in [-0.2, 0) is 16.1 Å². The van der Waals surface area contributed by atoms with Gasteiger partial charge in [-0.1, -0.05) is 6.07 Å². The number of aromatic nitrogens is 2. The molecule has 9 heteroatoms. The molecule has 5 rings (SSSR count). The highest BCUT2D eigenvalue weighted by Gasteiger charge is 2.22. The van der Waals surface area contributed by atoms with Crippen LogP contribution in [0.4, 0.5) is 0 Å². The van der Waals surface area contributed by atoms with Crippen molar-refractivity contribution >= 4 is 28.1 Å². The van der Waals surface area contributed by atoms with E-state index in [2.05, 4.69) is 10.2 Å². The molecule has 1 N–H and O–H groups in total. The molecule has 1 aromatic carbocycles. The molecule has 1 saturated heterocycles. The number of hydrogen-bond acceptors (Lipinski definition) is 7. The molecule has 2 aromatic heterocycles. The molecule has 0 radical (unpaired) electrons. The summed E-state index contributed by atoms with van der Waals surface area (Å²) in [6, 6.07) is 9.26. The fourth-order valence-corrected chi connectivity index (χ4v) is 4.84. The number of thiophene rings is 1. The summed E-state index contributed by atoms with van der Waals surface area (Å²) in [5.41, 5.74) is 0.373. The van der Waals surface area contributed by atoms with E-state index in [-0.39, 0.29) is 18.0 Å². The van der Waals surface area contributed by atoms with Crippen molar-refractivity contribution in [3.63, 3.8) is 0 Å². The molecule has 0 bridgehead atoms. The summed E-state index contributed by atoms with van der Waals surface area (Å²) in [6.45, 7) is 5.66. The number of carbonyl (C=O) groups is 1. The van der Waals surface area contributed by atoms with Crippen LogP contribution in [0.1, 0.15) is 19.3 Å². The molecule has 2 aliphatic rings. The van der Waals surface area contributed by atoms with Gasteiger partial charge < -0.3 is 14.8 Å². The molecule has 3 heterocycles. The predicted octanol–water partition coefficient (Wildman–Crippen LogP) is 2.75. The van der Waals surface area contributed by atoms with E-state index in [4.69, 9.17) is 14.5 Å². The first kappa shape index (κ1) is 23.0. The Balaban J connectivity index is 1.33. The van der Waals surface area contributed by atoms with Crippen LogP contribution < -0.4 is 15.6 Å². The molecule has 34 heavy (non-hydrogen) atoms. The maximum absolute atomic E-state index is 13.5. The fraction of sp³-hybridized carbons (Fsp3) is 0.480. The highest BCUT2D eigenvalue weighted by Crippen LogP contribution is 2.28. The van der Waals surface area contributed by atoms with E-state index >= 15 is 0 Å². The van der Waals surface area contributed by atoms with Gasteiger partial charge in [-0.25, -0.2) is 4.98 Å². The average molecular weight is 483 g/mol. The number of nitrogens with zero attached hydrogens (tertiary/aromatic N) is 3. The van der Waals surface area contributed by atoms with E-state index in [1.165, 1.54) is 15.9 Å². The van der Waals surface area contributed by atoms with E-state index < -0.39 is 0 Å². The van der Waals surface area contributed by atoms with E-state index in [1.54, 1.807) is 6.07 Å². The summed E-state index contributed by atoms with van der Waals surface area (Å²) in [5.74, 6) is 1.58. The van der Waals surface area contributed by atoms with E-state index in [0.717, 1.165) is 57.0 Å². The van der Waals surface area contributed by atoms with Crippen LogP contribution in [0.15, 0.2) is 40.5 Å². The highest BCUT2D eigenvalue weighted by molar-refractivity contribution is 7.13. The highest BCUT2D eigenvalue weighted by atomic mass is 32.1. The number of carbonyl (C=O) groups excluding carboxylic acids is 1. The van der Waals surface area contributed by atoms with Gasteiger partial charge >= 0.3 is 0 Å². The monoisotopic (exact) mass is 482 g/mol. The third-order valence-electron chi connectivity index (χ3n) is 6.24. The third kappa shape index (κ3) is 5.65. The zero-order valence-corrected chi connectivity index (χ0v) is 20.0. The van der Waals surface area contributed by atoms with Gasteiger partial charge in [0.05, 0.1) is 35.6 Å². The Morgan fingerprint density at radius 1 is 1.24 bits per heavy atom. The molecule has 1 amide bonds. The van der Waals surface area contributed by atoms with E-state index in [0.29, 0.717) is 41.5 Å². The Bertz CT molecular complexity index is 1180. The molecular formula is C25H30N4O4S. The number of rotatable bonds is 10. The van der Waals surface area contributed by atoms with Crippen molar-refractivity contribution in [3.8, 4) is 16.5 Å². The minimum Gasteiger partial charge on any atom is -0.494 e. The van der Waals surface area contributed by atoms with Gasteiger partial charge in [-0.15, -0.1) is 11.3 Å². The summed E-state index contributed by atoms with van der Waals surface area (Å²) in [4.78, 5) is 34.1. The van der Waals surface area contributed by atoms with Crippen molar-refractivity contribution in [1.82, 2.24) is 19.8 Å². The van der Waals surface area contributed by atoms with Crippen molar-refractivity contribution in [1.29, 1.82) is 0 Å². The van der Waals surface area contributed by atoms with Gasteiger partial charge in [0.25, 0.3) is 5.56 Å². The summed E-state index contributed by atoms with van der Waals surface area (Å²) in [7, 11) is 0. The maximum Gasteiger partial charge on any atom is 0.262 e. The van der Waals surface area contributed by atoms with Crippen molar-refractivity contribution in [2.24, 2.45) is 5.92 Å². The van der Waals surface area contributed by atoms with Gasteiger partial charge in [-0.05, 0) is 54.8 Å². The Hall–Kier alpha value is -2.75. The molecule has 1 aliphatic heterocycles. The van der Waals surface area contributed by atoms with E-state index in [1.807, 2.05) is 29.6 Å². The summed E-state index contributed by atoms with van der Waals surface area (Å²) >= 11 is 1.50. The molecule has 1 aliphatic carbocycles.